The van der Waals surface area contributed by atoms with E-state index in [1.165, 1.54) is 16.8 Å². The van der Waals surface area contributed by atoms with Gasteiger partial charge in [-0.2, -0.15) is 4.68 Å². The number of para-hydroxylation sites is 1. The Kier molecular flexibility index (Phi) is 5.83. The van der Waals surface area contributed by atoms with Gasteiger partial charge in [0.1, 0.15) is 0 Å². The van der Waals surface area contributed by atoms with Crippen LogP contribution in [0.2, 0.25) is 0 Å². The van der Waals surface area contributed by atoms with Crippen molar-refractivity contribution in [1.82, 2.24) is 9.78 Å². The molecule has 0 amide bonds. The lowest BCUT2D eigenvalue weighted by atomic mass is 10.3. The first-order valence-electron chi connectivity index (χ1n) is 6.82. The van der Waals surface area contributed by atoms with E-state index < -0.39 is 6.80 Å². The van der Waals surface area contributed by atoms with E-state index in [1.54, 1.807) is 31.2 Å². The highest BCUT2D eigenvalue weighted by atomic mass is 32.7. The monoisotopic (exact) mass is 340 g/mol. The van der Waals surface area contributed by atoms with Crippen molar-refractivity contribution in [2.24, 2.45) is 0 Å². The quantitative estimate of drug-likeness (QED) is 0.718. The van der Waals surface area contributed by atoms with Crippen LogP contribution in [-0.4, -0.2) is 22.1 Å². The van der Waals surface area contributed by atoms with E-state index in [0.29, 0.717) is 11.4 Å². The van der Waals surface area contributed by atoms with Crippen molar-refractivity contribution in [3.05, 3.63) is 52.8 Å². The van der Waals surface area contributed by atoms with Crippen LogP contribution in [0.5, 0.6) is 5.88 Å². The molecule has 0 saturated carbocycles. The molecule has 0 N–H and O–H groups in total. The minimum absolute atomic E-state index is 0.0844. The average Bonchev–Trinajstić information content (AvgIpc) is 2.50. The van der Waals surface area contributed by atoms with E-state index >= 15 is 0 Å². The molecule has 1 atom stereocenters. The fourth-order valence-electron chi connectivity index (χ4n) is 1.72. The molecule has 0 radical (unpaired) electrons. The van der Waals surface area contributed by atoms with Gasteiger partial charge in [0.15, 0.2) is 0 Å². The maximum Gasteiger partial charge on any atom is 0.441 e. The third-order valence-electron chi connectivity index (χ3n) is 2.56. The van der Waals surface area contributed by atoms with Crippen molar-refractivity contribution in [2.75, 3.05) is 12.4 Å². The molecule has 0 spiro atoms. The van der Waals surface area contributed by atoms with Gasteiger partial charge in [-0.1, -0.05) is 25.1 Å². The van der Waals surface area contributed by atoms with Crippen LogP contribution >= 0.6 is 18.2 Å². The molecule has 118 valence electrons. The first-order chi connectivity index (χ1) is 10.6. The molecule has 6 nitrogen and oxygen atoms in total. The Bertz CT molecular complexity index is 710. The first kappa shape index (κ1) is 16.8. The lowest BCUT2D eigenvalue weighted by molar-refractivity contribution is 0.292. The molecule has 0 aliphatic rings. The van der Waals surface area contributed by atoms with Gasteiger partial charge >= 0.3 is 6.80 Å². The van der Waals surface area contributed by atoms with Crippen molar-refractivity contribution in [3.8, 4) is 11.6 Å². The minimum Gasteiger partial charge on any atom is -0.397 e. The zero-order valence-electron chi connectivity index (χ0n) is 12.3. The van der Waals surface area contributed by atoms with E-state index in [1.807, 2.05) is 13.0 Å². The molecule has 1 aromatic carbocycles. The van der Waals surface area contributed by atoms with Gasteiger partial charge in [0.05, 0.1) is 12.3 Å². The van der Waals surface area contributed by atoms with E-state index in [4.69, 9.17) is 9.05 Å². The number of benzene rings is 1. The summed E-state index contributed by atoms with van der Waals surface area (Å²) in [5.74, 6) is 0.663. The fraction of sp³-hybridized carbons (Fsp3) is 0.286. The standard InChI is InChI=1S/C14H17N2O4PS/c1-3-19-21(18,22-4-2)20-13-10-11-14(17)16(15-13)12-8-6-5-7-9-12/h5-11H,3-4H2,1-2H3. The summed E-state index contributed by atoms with van der Waals surface area (Å²) in [5.41, 5.74) is 0.306. The molecular weight excluding hydrogens is 323 g/mol. The topological polar surface area (TPSA) is 70.4 Å². The van der Waals surface area contributed by atoms with Crippen LogP contribution in [0.3, 0.4) is 0 Å². The zero-order valence-corrected chi connectivity index (χ0v) is 14.0. The molecule has 0 fully saturated rings. The summed E-state index contributed by atoms with van der Waals surface area (Å²) in [5, 5.41) is 4.11. The number of hydrogen-bond donors (Lipinski definition) is 0. The van der Waals surface area contributed by atoms with Gasteiger partial charge in [0.25, 0.3) is 5.56 Å². The van der Waals surface area contributed by atoms with Gasteiger partial charge in [-0.3, -0.25) is 9.32 Å². The van der Waals surface area contributed by atoms with Crippen LogP contribution in [0.15, 0.2) is 47.3 Å². The van der Waals surface area contributed by atoms with Crippen molar-refractivity contribution in [3.63, 3.8) is 0 Å². The number of nitrogens with zero attached hydrogens (tertiary/aromatic N) is 2. The number of aromatic nitrogens is 2. The van der Waals surface area contributed by atoms with E-state index in [2.05, 4.69) is 5.10 Å². The van der Waals surface area contributed by atoms with Gasteiger partial charge in [0, 0.05) is 17.9 Å². The highest BCUT2D eigenvalue weighted by molar-refractivity contribution is 8.55. The molecule has 8 heteroatoms. The zero-order chi connectivity index (χ0) is 16.0. The summed E-state index contributed by atoms with van der Waals surface area (Å²) in [6.07, 6.45) is 0. The van der Waals surface area contributed by atoms with E-state index in [-0.39, 0.29) is 18.0 Å². The summed E-state index contributed by atoms with van der Waals surface area (Å²) in [6, 6.07) is 11.7. The second kappa shape index (κ2) is 7.63. The van der Waals surface area contributed by atoms with Gasteiger partial charge in [-0.25, -0.2) is 4.57 Å². The number of rotatable bonds is 7. The minimum atomic E-state index is -3.33. The molecular formula is C14H17N2O4PS. The predicted molar refractivity (Wildman–Crippen MR) is 87.8 cm³/mol. The van der Waals surface area contributed by atoms with Gasteiger partial charge < -0.3 is 4.52 Å². The Morgan fingerprint density at radius 3 is 2.55 bits per heavy atom. The molecule has 2 aromatic rings. The molecule has 0 bridgehead atoms. The maximum absolute atomic E-state index is 12.5. The summed E-state index contributed by atoms with van der Waals surface area (Å²) in [6.45, 7) is 0.537. The van der Waals surface area contributed by atoms with E-state index in [9.17, 15) is 9.36 Å². The van der Waals surface area contributed by atoms with Crippen LogP contribution in [-0.2, 0) is 9.09 Å². The Morgan fingerprint density at radius 1 is 1.18 bits per heavy atom. The summed E-state index contributed by atoms with van der Waals surface area (Å²) in [7, 11) is 0. The molecule has 0 aliphatic carbocycles. The van der Waals surface area contributed by atoms with Crippen LogP contribution in [0.1, 0.15) is 13.8 Å². The Balaban J connectivity index is 2.34. The van der Waals surface area contributed by atoms with Crippen molar-refractivity contribution in [1.29, 1.82) is 0 Å². The summed E-state index contributed by atoms with van der Waals surface area (Å²) >= 11 is 1.09. The molecule has 1 unspecified atom stereocenters. The second-order valence-corrected chi connectivity index (χ2v) is 8.42. The number of hydrogen-bond acceptors (Lipinski definition) is 6. The van der Waals surface area contributed by atoms with Gasteiger partial charge in [-0.05, 0) is 30.4 Å². The Morgan fingerprint density at radius 2 is 1.91 bits per heavy atom. The maximum atomic E-state index is 12.5. The lowest BCUT2D eigenvalue weighted by Crippen LogP contribution is -2.20. The summed E-state index contributed by atoms with van der Waals surface area (Å²) in [4.78, 5) is 11.9. The molecule has 22 heavy (non-hydrogen) atoms. The first-order valence-corrected chi connectivity index (χ1v) is 9.96. The third-order valence-corrected chi connectivity index (χ3v) is 6.38. The predicted octanol–water partition coefficient (Wildman–Crippen LogP) is 3.51. The average molecular weight is 340 g/mol. The third kappa shape index (κ3) is 4.22. The SMILES string of the molecule is CCOP(=O)(Oc1ccc(=O)n(-c2ccccc2)n1)SCC. The van der Waals surface area contributed by atoms with Crippen LogP contribution < -0.4 is 10.1 Å². The van der Waals surface area contributed by atoms with Crippen LogP contribution in [0.25, 0.3) is 5.69 Å². The highest BCUT2D eigenvalue weighted by Gasteiger charge is 2.27. The largest absolute Gasteiger partial charge is 0.441 e. The Hall–Kier alpha value is -1.56. The molecule has 0 saturated heterocycles. The Labute approximate surface area is 132 Å². The summed E-state index contributed by atoms with van der Waals surface area (Å²) < 4.78 is 24.3. The van der Waals surface area contributed by atoms with Crippen molar-refractivity contribution in [2.45, 2.75) is 13.8 Å². The lowest BCUT2D eigenvalue weighted by Gasteiger charge is -2.16. The molecule has 1 aromatic heterocycles. The molecule has 1 heterocycles. The van der Waals surface area contributed by atoms with E-state index in [0.717, 1.165) is 11.4 Å². The normalized spacial score (nSPS) is 13.5. The van der Waals surface area contributed by atoms with Crippen LogP contribution in [0, 0.1) is 0 Å². The van der Waals surface area contributed by atoms with Crippen LogP contribution in [0.4, 0.5) is 0 Å². The fourth-order valence-corrected chi connectivity index (χ4v) is 4.73. The molecule has 2 rings (SSSR count). The second-order valence-electron chi connectivity index (χ2n) is 4.13. The molecule has 0 aliphatic heterocycles. The van der Waals surface area contributed by atoms with Gasteiger partial charge in [-0.15, -0.1) is 5.10 Å². The smallest absolute Gasteiger partial charge is 0.397 e. The van der Waals surface area contributed by atoms with Crippen molar-refractivity contribution < 1.29 is 13.6 Å². The van der Waals surface area contributed by atoms with Gasteiger partial charge in [0.2, 0.25) is 5.88 Å². The van der Waals surface area contributed by atoms with Crippen molar-refractivity contribution >= 4 is 18.2 Å². The highest BCUT2D eigenvalue weighted by Crippen LogP contribution is 2.59.